The molecular weight excluding hydrogens is 346 g/mol. The van der Waals surface area contributed by atoms with Crippen molar-refractivity contribution in [1.29, 1.82) is 0 Å². The molecule has 0 aliphatic heterocycles. The number of aromatic nitrogens is 5. The lowest BCUT2D eigenvalue weighted by molar-refractivity contribution is 0.0928. The monoisotopic (exact) mass is 367 g/mol. The third-order valence-electron chi connectivity index (χ3n) is 4.92. The molecule has 1 aromatic carbocycles. The first kappa shape index (κ1) is 17.2. The second-order valence-electron chi connectivity index (χ2n) is 6.98. The predicted octanol–water partition coefficient (Wildman–Crippen LogP) is 1.08. The molecule has 2 amide bonds. The van der Waals surface area contributed by atoms with Gasteiger partial charge in [-0.05, 0) is 50.5 Å². The van der Waals surface area contributed by atoms with E-state index in [9.17, 15) is 9.59 Å². The fourth-order valence-electron chi connectivity index (χ4n) is 3.58. The van der Waals surface area contributed by atoms with E-state index >= 15 is 0 Å². The highest BCUT2D eigenvalue weighted by Gasteiger charge is 2.28. The molecule has 3 aromatic rings. The Morgan fingerprint density at radius 3 is 2.48 bits per heavy atom. The first-order valence-corrected chi connectivity index (χ1v) is 8.92. The van der Waals surface area contributed by atoms with Gasteiger partial charge in [0.2, 0.25) is 0 Å². The number of rotatable bonds is 4. The molecule has 2 atom stereocenters. The van der Waals surface area contributed by atoms with Crippen molar-refractivity contribution in [2.45, 2.75) is 38.3 Å². The van der Waals surface area contributed by atoms with Gasteiger partial charge in [0.25, 0.3) is 11.8 Å². The molecule has 0 bridgehead atoms. The maximum Gasteiger partial charge on any atom is 0.269 e. The average Bonchev–Trinajstić information content (AvgIpc) is 3.34. The van der Waals surface area contributed by atoms with Gasteiger partial charge in [0.1, 0.15) is 16.7 Å². The molecule has 0 radical (unpaired) electrons. The van der Waals surface area contributed by atoms with Gasteiger partial charge in [-0.3, -0.25) is 14.3 Å². The molecule has 1 fully saturated rings. The third kappa shape index (κ3) is 3.53. The molecule has 2 aromatic heterocycles. The van der Waals surface area contributed by atoms with Gasteiger partial charge in [0.05, 0.1) is 5.69 Å². The molecular formula is C18H21N7O2. The van der Waals surface area contributed by atoms with Crippen LogP contribution in [-0.2, 0) is 7.05 Å². The molecule has 0 unspecified atom stereocenters. The van der Waals surface area contributed by atoms with E-state index in [2.05, 4.69) is 31.1 Å². The van der Waals surface area contributed by atoms with Gasteiger partial charge >= 0.3 is 0 Å². The standard InChI is InChI=1S/C18H21N7O2/c1-10-7-16(25(2)23-10)18(27)20-13-5-4-12(9-13)19-17(26)11-3-6-14-15(8-11)22-24-21-14/h3,6-8,12-13H,4-5,9H2,1-2H3,(H,19,26)(H,20,27)(H,21,22,24)/t12-,13+/m0/s1. The first-order chi connectivity index (χ1) is 13.0. The summed E-state index contributed by atoms with van der Waals surface area (Å²) in [5, 5.41) is 20.8. The van der Waals surface area contributed by atoms with E-state index in [0.717, 1.165) is 24.1 Å². The van der Waals surface area contributed by atoms with Crippen LogP contribution in [0.5, 0.6) is 0 Å². The summed E-state index contributed by atoms with van der Waals surface area (Å²) in [7, 11) is 1.76. The van der Waals surface area contributed by atoms with Crippen molar-refractivity contribution in [1.82, 2.24) is 35.8 Å². The summed E-state index contributed by atoms with van der Waals surface area (Å²) in [6, 6.07) is 7.05. The number of carbonyl (C=O) groups excluding carboxylic acids is 2. The lowest BCUT2D eigenvalue weighted by atomic mass is 10.1. The Labute approximate surface area is 155 Å². The summed E-state index contributed by atoms with van der Waals surface area (Å²) in [6.07, 6.45) is 2.36. The van der Waals surface area contributed by atoms with Gasteiger partial charge in [0, 0.05) is 24.7 Å². The Morgan fingerprint density at radius 2 is 1.78 bits per heavy atom. The number of aryl methyl sites for hydroxylation is 2. The van der Waals surface area contributed by atoms with Gasteiger partial charge in [0.15, 0.2) is 0 Å². The topological polar surface area (TPSA) is 118 Å². The lowest BCUT2D eigenvalue weighted by Crippen LogP contribution is -2.37. The zero-order valence-electron chi connectivity index (χ0n) is 15.2. The van der Waals surface area contributed by atoms with Crippen LogP contribution in [0.2, 0.25) is 0 Å². The summed E-state index contributed by atoms with van der Waals surface area (Å²) in [4.78, 5) is 24.9. The van der Waals surface area contributed by atoms with Crippen LogP contribution in [0.25, 0.3) is 11.0 Å². The fraction of sp³-hybridized carbons (Fsp3) is 0.389. The number of fused-ring (bicyclic) bond motifs is 1. The molecule has 27 heavy (non-hydrogen) atoms. The van der Waals surface area contributed by atoms with Crippen molar-refractivity contribution in [3.8, 4) is 0 Å². The molecule has 1 aliphatic carbocycles. The van der Waals surface area contributed by atoms with E-state index in [4.69, 9.17) is 0 Å². The molecule has 1 aliphatic rings. The maximum absolute atomic E-state index is 12.5. The molecule has 4 rings (SSSR count). The summed E-state index contributed by atoms with van der Waals surface area (Å²) in [5.74, 6) is -0.273. The lowest BCUT2D eigenvalue weighted by Gasteiger charge is -2.15. The normalized spacial score (nSPS) is 19.3. The van der Waals surface area contributed by atoms with Gasteiger partial charge in [-0.15, -0.1) is 0 Å². The van der Waals surface area contributed by atoms with Crippen LogP contribution >= 0.6 is 0 Å². The van der Waals surface area contributed by atoms with E-state index in [-0.39, 0.29) is 23.9 Å². The Bertz CT molecular complexity index is 1010. The second-order valence-corrected chi connectivity index (χ2v) is 6.98. The Hall–Kier alpha value is -3.23. The number of H-pyrrole nitrogens is 1. The molecule has 0 saturated heterocycles. The van der Waals surface area contributed by atoms with Crippen molar-refractivity contribution in [2.75, 3.05) is 0 Å². The maximum atomic E-state index is 12.5. The SMILES string of the molecule is Cc1cc(C(=O)N[C@@H]2CC[C@H](NC(=O)c3ccc4n[nH]nc4c3)C2)n(C)n1. The van der Waals surface area contributed by atoms with E-state index < -0.39 is 0 Å². The largest absolute Gasteiger partial charge is 0.349 e. The zero-order valence-corrected chi connectivity index (χ0v) is 15.2. The van der Waals surface area contributed by atoms with E-state index in [1.54, 1.807) is 36.0 Å². The highest BCUT2D eigenvalue weighted by Crippen LogP contribution is 2.20. The molecule has 9 nitrogen and oxygen atoms in total. The van der Waals surface area contributed by atoms with Gasteiger partial charge < -0.3 is 10.6 Å². The van der Waals surface area contributed by atoms with Crippen LogP contribution in [0.1, 0.15) is 45.8 Å². The molecule has 1 saturated carbocycles. The van der Waals surface area contributed by atoms with Gasteiger partial charge in [-0.25, -0.2) is 0 Å². The molecule has 3 N–H and O–H groups in total. The number of nitrogens with zero attached hydrogens (tertiary/aromatic N) is 4. The van der Waals surface area contributed by atoms with Gasteiger partial charge in [-0.1, -0.05) is 0 Å². The first-order valence-electron chi connectivity index (χ1n) is 8.92. The minimum absolute atomic E-state index is 0.0316. The van der Waals surface area contributed by atoms with Crippen LogP contribution < -0.4 is 10.6 Å². The molecule has 2 heterocycles. The number of amides is 2. The van der Waals surface area contributed by atoms with Crippen LogP contribution in [0.3, 0.4) is 0 Å². The Morgan fingerprint density at radius 1 is 1.07 bits per heavy atom. The predicted molar refractivity (Wildman–Crippen MR) is 98.2 cm³/mol. The summed E-state index contributed by atoms with van der Waals surface area (Å²) < 4.78 is 1.58. The number of carbonyl (C=O) groups is 2. The number of benzene rings is 1. The molecule has 140 valence electrons. The van der Waals surface area contributed by atoms with E-state index in [0.29, 0.717) is 23.2 Å². The van der Waals surface area contributed by atoms with Crippen LogP contribution in [0, 0.1) is 6.92 Å². The fourth-order valence-corrected chi connectivity index (χ4v) is 3.58. The average molecular weight is 367 g/mol. The van der Waals surface area contributed by atoms with E-state index in [1.165, 1.54) is 0 Å². The minimum atomic E-state index is -0.140. The van der Waals surface area contributed by atoms with Crippen molar-refractivity contribution >= 4 is 22.8 Å². The van der Waals surface area contributed by atoms with E-state index in [1.807, 2.05) is 6.92 Å². The van der Waals surface area contributed by atoms with Crippen molar-refractivity contribution in [2.24, 2.45) is 7.05 Å². The minimum Gasteiger partial charge on any atom is -0.349 e. The summed E-state index contributed by atoms with van der Waals surface area (Å²) in [6.45, 7) is 1.86. The van der Waals surface area contributed by atoms with Gasteiger partial charge in [-0.2, -0.15) is 20.5 Å². The number of nitrogens with one attached hydrogen (secondary N) is 3. The smallest absolute Gasteiger partial charge is 0.269 e. The number of aromatic amines is 1. The number of hydrogen-bond donors (Lipinski definition) is 3. The highest BCUT2D eigenvalue weighted by atomic mass is 16.2. The van der Waals surface area contributed by atoms with Crippen LogP contribution in [0.4, 0.5) is 0 Å². The Balaban J connectivity index is 1.34. The molecule has 9 heteroatoms. The van der Waals surface area contributed by atoms with Crippen molar-refractivity contribution in [3.63, 3.8) is 0 Å². The summed E-state index contributed by atoms with van der Waals surface area (Å²) in [5.41, 5.74) is 3.28. The zero-order chi connectivity index (χ0) is 19.0. The molecule has 0 spiro atoms. The van der Waals surface area contributed by atoms with Crippen molar-refractivity contribution < 1.29 is 9.59 Å². The second kappa shape index (κ2) is 6.82. The van der Waals surface area contributed by atoms with Crippen LogP contribution in [-0.4, -0.2) is 49.1 Å². The van der Waals surface area contributed by atoms with Crippen molar-refractivity contribution in [3.05, 3.63) is 41.2 Å². The third-order valence-corrected chi connectivity index (χ3v) is 4.92. The van der Waals surface area contributed by atoms with Crippen LogP contribution in [0.15, 0.2) is 24.3 Å². The highest BCUT2D eigenvalue weighted by molar-refractivity contribution is 5.97. The Kier molecular flexibility index (Phi) is 4.35. The summed E-state index contributed by atoms with van der Waals surface area (Å²) >= 11 is 0. The number of hydrogen-bond acceptors (Lipinski definition) is 5. The quantitative estimate of drug-likeness (QED) is 0.638.